The molecule has 2 atom stereocenters. The largest absolute Gasteiger partial charge is 0.334 e. The average Bonchev–Trinajstić information content (AvgIpc) is 3.03. The number of carbonyl (C=O) groups is 1. The van der Waals surface area contributed by atoms with E-state index in [1.165, 1.54) is 24.0 Å². The molecule has 2 aliphatic carbocycles. The van der Waals surface area contributed by atoms with Crippen molar-refractivity contribution in [3.63, 3.8) is 0 Å². The molecule has 1 fully saturated rings. The Morgan fingerprint density at radius 1 is 1.17 bits per heavy atom. The van der Waals surface area contributed by atoms with Gasteiger partial charge in [0.15, 0.2) is 0 Å². The summed E-state index contributed by atoms with van der Waals surface area (Å²) >= 11 is 0. The topological polar surface area (TPSA) is 71.8 Å². The third kappa shape index (κ3) is 2.81. The molecule has 6 nitrogen and oxygen atoms in total. The first kappa shape index (κ1) is 14.2. The highest BCUT2D eigenvalue weighted by Crippen LogP contribution is 2.40. The molecule has 0 saturated heterocycles. The van der Waals surface area contributed by atoms with Crippen molar-refractivity contribution < 1.29 is 4.79 Å². The van der Waals surface area contributed by atoms with Crippen LogP contribution in [0.1, 0.15) is 24.0 Å². The molecule has 4 rings (SSSR count). The summed E-state index contributed by atoms with van der Waals surface area (Å²) < 4.78 is 1.57. The number of rotatable bonds is 2. The zero-order valence-corrected chi connectivity index (χ0v) is 13.2. The Hall–Kier alpha value is -2.37. The quantitative estimate of drug-likeness (QED) is 0.892. The molecule has 0 radical (unpaired) electrons. The summed E-state index contributed by atoms with van der Waals surface area (Å²) in [6.07, 6.45) is 6.05. The molecule has 2 amide bonds. The summed E-state index contributed by atoms with van der Waals surface area (Å²) in [4.78, 5) is 16.3. The van der Waals surface area contributed by atoms with E-state index in [2.05, 4.69) is 45.0 Å². The maximum absolute atomic E-state index is 12.3. The van der Waals surface area contributed by atoms with Crippen LogP contribution in [0.25, 0.3) is 0 Å². The second-order valence-electron chi connectivity index (χ2n) is 6.64. The summed E-state index contributed by atoms with van der Waals surface area (Å²) in [5.74, 6) is 1.38. The van der Waals surface area contributed by atoms with Crippen molar-refractivity contribution >= 4 is 12.0 Å². The van der Waals surface area contributed by atoms with E-state index in [1.54, 1.807) is 18.1 Å². The van der Waals surface area contributed by atoms with Crippen LogP contribution in [0, 0.1) is 11.8 Å². The summed E-state index contributed by atoms with van der Waals surface area (Å²) in [5, 5.41) is 9.98. The molecular weight excluding hydrogens is 290 g/mol. The van der Waals surface area contributed by atoms with Crippen molar-refractivity contribution in [1.82, 2.24) is 20.1 Å². The fraction of sp³-hybridized carbons (Fsp3) is 0.471. The number of urea groups is 1. The zero-order valence-electron chi connectivity index (χ0n) is 13.2. The number of carbonyl (C=O) groups excluding carboxylic acids is 1. The average molecular weight is 311 g/mol. The van der Waals surface area contributed by atoms with Gasteiger partial charge < -0.3 is 5.32 Å². The highest BCUT2D eigenvalue weighted by atomic mass is 16.2. The minimum absolute atomic E-state index is 0.205. The van der Waals surface area contributed by atoms with E-state index in [-0.39, 0.29) is 12.1 Å². The van der Waals surface area contributed by atoms with E-state index < -0.39 is 0 Å². The number of fused-ring (bicyclic) bond motifs is 3. The van der Waals surface area contributed by atoms with Crippen molar-refractivity contribution in [2.24, 2.45) is 18.9 Å². The maximum atomic E-state index is 12.3. The van der Waals surface area contributed by atoms with Crippen LogP contribution in [0.4, 0.5) is 10.7 Å². The van der Waals surface area contributed by atoms with Gasteiger partial charge in [-0.2, -0.15) is 0 Å². The molecule has 1 aromatic heterocycles. The van der Waals surface area contributed by atoms with E-state index in [1.807, 2.05) is 0 Å². The van der Waals surface area contributed by atoms with Gasteiger partial charge in [-0.1, -0.05) is 24.3 Å². The van der Waals surface area contributed by atoms with Crippen LogP contribution in [-0.4, -0.2) is 26.8 Å². The molecule has 2 aromatic rings. The van der Waals surface area contributed by atoms with Gasteiger partial charge >= 0.3 is 6.03 Å². The Bertz CT molecular complexity index is 692. The number of benzene rings is 1. The lowest BCUT2D eigenvalue weighted by Gasteiger charge is -2.23. The fourth-order valence-corrected chi connectivity index (χ4v) is 4.07. The summed E-state index contributed by atoms with van der Waals surface area (Å²) in [6.45, 7) is 0. The number of anilines is 1. The second kappa shape index (κ2) is 5.68. The van der Waals surface area contributed by atoms with Crippen LogP contribution in [-0.2, 0) is 19.9 Å². The number of nitrogens with zero attached hydrogens (tertiary/aromatic N) is 3. The fourth-order valence-electron chi connectivity index (χ4n) is 4.07. The summed E-state index contributed by atoms with van der Waals surface area (Å²) in [7, 11) is 1.78. The smallest absolute Gasteiger partial charge is 0.321 e. The van der Waals surface area contributed by atoms with E-state index in [4.69, 9.17) is 0 Å². The van der Waals surface area contributed by atoms with Gasteiger partial charge in [0, 0.05) is 13.1 Å². The predicted octanol–water partition coefficient (Wildman–Crippen LogP) is 2.13. The number of aryl methyl sites for hydroxylation is 1. The third-order valence-corrected chi connectivity index (χ3v) is 5.13. The van der Waals surface area contributed by atoms with Gasteiger partial charge in [-0.25, -0.2) is 9.78 Å². The lowest BCUT2D eigenvalue weighted by atomic mass is 9.94. The minimum Gasteiger partial charge on any atom is -0.334 e. The second-order valence-corrected chi connectivity index (χ2v) is 6.64. The van der Waals surface area contributed by atoms with Crippen LogP contribution in [0.5, 0.6) is 0 Å². The van der Waals surface area contributed by atoms with Gasteiger partial charge in [0.25, 0.3) is 0 Å². The Morgan fingerprint density at radius 3 is 2.39 bits per heavy atom. The van der Waals surface area contributed by atoms with Crippen molar-refractivity contribution in [2.45, 2.75) is 31.7 Å². The SMILES string of the molecule is Cn1cnc(NC(=O)NC2C3CCC2Cc2ccccc2C3)n1. The normalized spacial score (nSPS) is 25.5. The first-order valence-corrected chi connectivity index (χ1v) is 8.19. The van der Waals surface area contributed by atoms with Crippen molar-refractivity contribution in [3.05, 3.63) is 41.7 Å². The summed E-state index contributed by atoms with van der Waals surface area (Å²) in [5.41, 5.74) is 2.89. The molecule has 2 N–H and O–H groups in total. The molecule has 2 unspecified atom stereocenters. The van der Waals surface area contributed by atoms with Gasteiger partial charge in [0.1, 0.15) is 6.33 Å². The molecule has 23 heavy (non-hydrogen) atoms. The molecule has 2 aliphatic rings. The Labute approximate surface area is 135 Å². The molecule has 120 valence electrons. The van der Waals surface area contributed by atoms with E-state index in [0.717, 1.165) is 12.8 Å². The lowest BCUT2D eigenvalue weighted by molar-refractivity contribution is 0.240. The van der Waals surface area contributed by atoms with Gasteiger partial charge in [-0.15, -0.1) is 5.10 Å². The minimum atomic E-state index is -0.205. The number of hydrogen-bond acceptors (Lipinski definition) is 3. The number of amides is 2. The van der Waals surface area contributed by atoms with Crippen LogP contribution >= 0.6 is 0 Å². The number of hydrogen-bond donors (Lipinski definition) is 2. The molecule has 1 heterocycles. The van der Waals surface area contributed by atoms with E-state index in [0.29, 0.717) is 17.8 Å². The molecule has 2 bridgehead atoms. The Kier molecular flexibility index (Phi) is 3.52. The van der Waals surface area contributed by atoms with Gasteiger partial charge in [-0.05, 0) is 48.6 Å². The van der Waals surface area contributed by atoms with Gasteiger partial charge in [0.2, 0.25) is 5.95 Å². The highest BCUT2D eigenvalue weighted by molar-refractivity contribution is 5.87. The maximum Gasteiger partial charge on any atom is 0.321 e. The monoisotopic (exact) mass is 311 g/mol. The van der Waals surface area contributed by atoms with Crippen molar-refractivity contribution in [1.29, 1.82) is 0 Å². The highest BCUT2D eigenvalue weighted by Gasteiger charge is 2.39. The lowest BCUT2D eigenvalue weighted by Crippen LogP contribution is -2.44. The van der Waals surface area contributed by atoms with Crippen molar-refractivity contribution in [3.8, 4) is 0 Å². The molecule has 0 aliphatic heterocycles. The zero-order chi connectivity index (χ0) is 15.8. The molecule has 0 spiro atoms. The van der Waals surface area contributed by atoms with E-state index >= 15 is 0 Å². The van der Waals surface area contributed by atoms with Crippen LogP contribution in [0.15, 0.2) is 30.6 Å². The van der Waals surface area contributed by atoms with Crippen molar-refractivity contribution in [2.75, 3.05) is 5.32 Å². The third-order valence-electron chi connectivity index (χ3n) is 5.13. The molecule has 6 heteroatoms. The van der Waals surface area contributed by atoms with Gasteiger partial charge in [0.05, 0.1) is 0 Å². The summed E-state index contributed by atoms with van der Waals surface area (Å²) in [6, 6.07) is 8.70. The van der Waals surface area contributed by atoms with Gasteiger partial charge in [-0.3, -0.25) is 10.00 Å². The standard InChI is InChI=1S/C17H21N5O/c1-22-10-18-16(21-22)20-17(23)19-15-13-6-7-14(15)9-12-5-3-2-4-11(12)8-13/h2-5,10,13-15H,6-9H2,1H3,(H2,19,20,21,23). The number of nitrogens with one attached hydrogen (secondary N) is 2. The molecule has 1 aromatic carbocycles. The first-order valence-electron chi connectivity index (χ1n) is 8.19. The Morgan fingerprint density at radius 2 is 1.83 bits per heavy atom. The molecule has 1 saturated carbocycles. The Balaban J connectivity index is 1.46. The number of aromatic nitrogens is 3. The predicted molar refractivity (Wildman–Crippen MR) is 87.0 cm³/mol. The van der Waals surface area contributed by atoms with Crippen LogP contribution in [0.3, 0.4) is 0 Å². The molecular formula is C17H21N5O. The van der Waals surface area contributed by atoms with Crippen LogP contribution in [0.2, 0.25) is 0 Å². The first-order chi connectivity index (χ1) is 11.2. The van der Waals surface area contributed by atoms with Crippen LogP contribution < -0.4 is 10.6 Å². The van der Waals surface area contributed by atoms with E-state index in [9.17, 15) is 4.79 Å².